The van der Waals surface area contributed by atoms with Gasteiger partial charge in [0.15, 0.2) is 5.17 Å². The standard InChI is InChI=1S/C16H13N3O2S/c1-2-8-19-15(20)14(10-13-6-4-9-21-13)22-16(19)18-12-5-3-7-17-11-12/h2-7,9-11H,1,8H2/b14-10+,18-16?. The van der Waals surface area contributed by atoms with E-state index in [4.69, 9.17) is 4.42 Å². The minimum atomic E-state index is -0.107. The second kappa shape index (κ2) is 6.44. The fourth-order valence-electron chi connectivity index (χ4n) is 1.91. The first-order chi connectivity index (χ1) is 10.8. The lowest BCUT2D eigenvalue weighted by atomic mass is 10.3. The van der Waals surface area contributed by atoms with Gasteiger partial charge in [-0.3, -0.25) is 14.7 Å². The Morgan fingerprint density at radius 1 is 1.41 bits per heavy atom. The first-order valence-electron chi connectivity index (χ1n) is 6.62. The van der Waals surface area contributed by atoms with Crippen molar-refractivity contribution in [3.8, 4) is 0 Å². The summed E-state index contributed by atoms with van der Waals surface area (Å²) in [4.78, 5) is 23.1. The molecule has 1 aliphatic rings. The number of carbonyl (C=O) groups is 1. The highest BCUT2D eigenvalue weighted by molar-refractivity contribution is 8.18. The van der Waals surface area contributed by atoms with Crippen molar-refractivity contribution >= 4 is 34.6 Å². The quantitative estimate of drug-likeness (QED) is 0.641. The number of amides is 1. The van der Waals surface area contributed by atoms with E-state index in [1.807, 2.05) is 6.07 Å². The summed E-state index contributed by atoms with van der Waals surface area (Å²) in [5.41, 5.74) is 0.700. The second-order valence-corrected chi connectivity index (χ2v) is 5.45. The average Bonchev–Trinajstić information content (AvgIpc) is 3.13. The normalized spacial score (nSPS) is 18.4. The summed E-state index contributed by atoms with van der Waals surface area (Å²) in [6.07, 6.45) is 8.29. The van der Waals surface area contributed by atoms with Crippen LogP contribution in [-0.2, 0) is 4.79 Å². The number of pyridine rings is 1. The van der Waals surface area contributed by atoms with Gasteiger partial charge in [-0.1, -0.05) is 6.08 Å². The van der Waals surface area contributed by atoms with Crippen LogP contribution in [0.25, 0.3) is 6.08 Å². The molecule has 1 amide bonds. The van der Waals surface area contributed by atoms with Crippen LogP contribution < -0.4 is 0 Å². The van der Waals surface area contributed by atoms with Crippen molar-refractivity contribution in [3.63, 3.8) is 0 Å². The number of hydrogen-bond donors (Lipinski definition) is 0. The molecule has 0 saturated carbocycles. The van der Waals surface area contributed by atoms with Gasteiger partial charge < -0.3 is 4.42 Å². The molecule has 0 atom stereocenters. The van der Waals surface area contributed by atoms with E-state index >= 15 is 0 Å². The molecule has 0 radical (unpaired) electrons. The molecule has 2 aromatic rings. The summed E-state index contributed by atoms with van der Waals surface area (Å²) >= 11 is 1.31. The zero-order valence-corrected chi connectivity index (χ0v) is 12.5. The molecule has 5 nitrogen and oxygen atoms in total. The second-order valence-electron chi connectivity index (χ2n) is 4.44. The Morgan fingerprint density at radius 2 is 2.32 bits per heavy atom. The van der Waals surface area contributed by atoms with Crippen molar-refractivity contribution in [2.45, 2.75) is 0 Å². The number of hydrogen-bond acceptors (Lipinski definition) is 5. The summed E-state index contributed by atoms with van der Waals surface area (Å²) in [5, 5.41) is 0.607. The molecular weight excluding hydrogens is 298 g/mol. The minimum Gasteiger partial charge on any atom is -0.465 e. The number of furan rings is 1. The molecule has 1 saturated heterocycles. The summed E-state index contributed by atoms with van der Waals surface area (Å²) in [6.45, 7) is 4.10. The molecule has 3 rings (SSSR count). The third-order valence-electron chi connectivity index (χ3n) is 2.89. The summed E-state index contributed by atoms with van der Waals surface area (Å²) in [6, 6.07) is 7.22. The van der Waals surface area contributed by atoms with Gasteiger partial charge in [0.25, 0.3) is 5.91 Å². The third-order valence-corrected chi connectivity index (χ3v) is 3.89. The molecule has 6 heteroatoms. The lowest BCUT2D eigenvalue weighted by molar-refractivity contribution is -0.121. The van der Waals surface area contributed by atoms with E-state index in [0.29, 0.717) is 28.1 Å². The highest BCUT2D eigenvalue weighted by Crippen LogP contribution is 2.33. The van der Waals surface area contributed by atoms with Gasteiger partial charge >= 0.3 is 0 Å². The monoisotopic (exact) mass is 311 g/mol. The minimum absolute atomic E-state index is 0.107. The largest absolute Gasteiger partial charge is 0.465 e. The topological polar surface area (TPSA) is 58.7 Å². The predicted octanol–water partition coefficient (Wildman–Crippen LogP) is 3.46. The van der Waals surface area contributed by atoms with Crippen LogP contribution in [0.2, 0.25) is 0 Å². The molecule has 110 valence electrons. The Balaban J connectivity index is 1.94. The van der Waals surface area contributed by atoms with Crippen LogP contribution in [0.5, 0.6) is 0 Å². The van der Waals surface area contributed by atoms with Crippen LogP contribution in [-0.4, -0.2) is 27.5 Å². The Labute approximate surface area is 132 Å². The van der Waals surface area contributed by atoms with E-state index < -0.39 is 0 Å². The molecule has 22 heavy (non-hydrogen) atoms. The van der Waals surface area contributed by atoms with Gasteiger partial charge in [-0.25, -0.2) is 4.99 Å². The van der Waals surface area contributed by atoms with E-state index in [1.165, 1.54) is 11.8 Å². The van der Waals surface area contributed by atoms with Crippen molar-refractivity contribution in [2.75, 3.05) is 6.54 Å². The fraction of sp³-hybridized carbons (Fsp3) is 0.0625. The molecule has 0 spiro atoms. The smallest absolute Gasteiger partial charge is 0.267 e. The van der Waals surface area contributed by atoms with Crippen molar-refractivity contribution in [2.24, 2.45) is 4.99 Å². The van der Waals surface area contributed by atoms with E-state index in [9.17, 15) is 4.79 Å². The van der Waals surface area contributed by atoms with Crippen LogP contribution in [0, 0.1) is 0 Å². The first kappa shape index (κ1) is 14.3. The Morgan fingerprint density at radius 3 is 3.00 bits per heavy atom. The van der Waals surface area contributed by atoms with Crippen molar-refractivity contribution in [3.05, 3.63) is 66.2 Å². The van der Waals surface area contributed by atoms with Gasteiger partial charge in [-0.05, 0) is 36.0 Å². The molecule has 3 heterocycles. The first-order valence-corrected chi connectivity index (χ1v) is 7.44. The summed E-state index contributed by atoms with van der Waals surface area (Å²) in [7, 11) is 0. The van der Waals surface area contributed by atoms with E-state index in [1.54, 1.807) is 53.9 Å². The number of carbonyl (C=O) groups excluding carboxylic acids is 1. The number of thioether (sulfide) groups is 1. The van der Waals surface area contributed by atoms with E-state index in [2.05, 4.69) is 16.6 Å². The number of aliphatic imine (C=N–C) groups is 1. The lowest BCUT2D eigenvalue weighted by Gasteiger charge is -2.12. The highest BCUT2D eigenvalue weighted by Gasteiger charge is 2.32. The number of amidine groups is 1. The Bertz CT molecular complexity index is 736. The molecule has 0 bridgehead atoms. The zero-order chi connectivity index (χ0) is 15.4. The molecular formula is C16H13N3O2S. The molecule has 0 N–H and O–H groups in total. The van der Waals surface area contributed by atoms with Crippen molar-refractivity contribution in [1.29, 1.82) is 0 Å². The van der Waals surface area contributed by atoms with Crippen LogP contribution in [0.1, 0.15) is 5.76 Å². The van der Waals surface area contributed by atoms with Gasteiger partial charge in [0.05, 0.1) is 23.1 Å². The van der Waals surface area contributed by atoms with E-state index in [-0.39, 0.29) is 5.91 Å². The van der Waals surface area contributed by atoms with Gasteiger partial charge in [0.2, 0.25) is 0 Å². The van der Waals surface area contributed by atoms with Crippen LogP contribution in [0.4, 0.5) is 5.69 Å². The average molecular weight is 311 g/mol. The molecule has 1 fully saturated rings. The van der Waals surface area contributed by atoms with Crippen molar-refractivity contribution in [1.82, 2.24) is 9.88 Å². The number of aromatic nitrogens is 1. The third kappa shape index (κ3) is 3.01. The van der Waals surface area contributed by atoms with Gasteiger partial charge in [-0.2, -0.15) is 0 Å². The highest BCUT2D eigenvalue weighted by atomic mass is 32.2. The Hall–Kier alpha value is -2.60. The lowest BCUT2D eigenvalue weighted by Crippen LogP contribution is -2.29. The molecule has 0 aromatic carbocycles. The van der Waals surface area contributed by atoms with Gasteiger partial charge in [-0.15, -0.1) is 6.58 Å². The maximum Gasteiger partial charge on any atom is 0.267 e. The van der Waals surface area contributed by atoms with E-state index in [0.717, 1.165) is 0 Å². The maximum atomic E-state index is 12.5. The van der Waals surface area contributed by atoms with Crippen LogP contribution in [0.3, 0.4) is 0 Å². The van der Waals surface area contributed by atoms with Crippen molar-refractivity contribution < 1.29 is 9.21 Å². The fourth-order valence-corrected chi connectivity index (χ4v) is 2.90. The maximum absolute atomic E-state index is 12.5. The summed E-state index contributed by atoms with van der Waals surface area (Å²) in [5.74, 6) is 0.529. The summed E-state index contributed by atoms with van der Waals surface area (Å²) < 4.78 is 5.26. The Kier molecular flexibility index (Phi) is 4.20. The van der Waals surface area contributed by atoms with Gasteiger partial charge in [0, 0.05) is 18.8 Å². The number of rotatable bonds is 4. The SMILES string of the molecule is C=CCN1C(=O)/C(=C\c2ccco2)SC1=Nc1cccnc1. The molecule has 0 unspecified atom stereocenters. The predicted molar refractivity (Wildman–Crippen MR) is 87.5 cm³/mol. The van der Waals surface area contributed by atoms with Crippen LogP contribution >= 0.6 is 11.8 Å². The number of nitrogens with zero attached hydrogens (tertiary/aromatic N) is 3. The molecule has 0 aliphatic carbocycles. The zero-order valence-electron chi connectivity index (χ0n) is 11.7. The molecule has 2 aromatic heterocycles. The van der Waals surface area contributed by atoms with Gasteiger partial charge in [0.1, 0.15) is 5.76 Å². The molecule has 1 aliphatic heterocycles. The van der Waals surface area contributed by atoms with Crippen LogP contribution in [0.15, 0.2) is 69.9 Å².